The molecule has 0 aliphatic carbocycles. The van der Waals surface area contributed by atoms with E-state index >= 15 is 4.39 Å². The van der Waals surface area contributed by atoms with E-state index in [1.54, 1.807) is 37.5 Å². The molecule has 4 rings (SSSR count). The van der Waals surface area contributed by atoms with Crippen LogP contribution in [0.4, 0.5) is 26.1 Å². The summed E-state index contributed by atoms with van der Waals surface area (Å²) in [5, 5.41) is 2.93. The Labute approximate surface area is 226 Å². The molecule has 208 valence electrons. The van der Waals surface area contributed by atoms with E-state index in [9.17, 15) is 12.8 Å². The molecule has 0 fully saturated rings. The van der Waals surface area contributed by atoms with Gasteiger partial charge in [-0.25, -0.2) is 32.7 Å². The number of nitrogens with two attached hydrogens (primary N) is 1. The molecule has 0 aliphatic heterocycles. The molecule has 0 spiro atoms. The van der Waals surface area contributed by atoms with Crippen LogP contribution in [0.3, 0.4) is 0 Å². The summed E-state index contributed by atoms with van der Waals surface area (Å²) in [6.07, 6.45) is 1.43. The minimum atomic E-state index is -3.89. The Balaban J connectivity index is 0.000000771. The highest BCUT2D eigenvalue weighted by atomic mass is 32.2. The van der Waals surface area contributed by atoms with Gasteiger partial charge in [-0.05, 0) is 56.7 Å². The van der Waals surface area contributed by atoms with E-state index in [0.717, 1.165) is 13.2 Å². The summed E-state index contributed by atoms with van der Waals surface area (Å²) < 4.78 is 58.6. The summed E-state index contributed by atoms with van der Waals surface area (Å²) >= 11 is 0. The lowest BCUT2D eigenvalue weighted by atomic mass is 10.1. The first kappa shape index (κ1) is 29.6. The van der Waals surface area contributed by atoms with Crippen molar-refractivity contribution in [2.24, 2.45) is 0 Å². The van der Waals surface area contributed by atoms with Crippen LogP contribution in [-0.4, -0.2) is 61.0 Å². The lowest BCUT2D eigenvalue weighted by Crippen LogP contribution is -2.18. The van der Waals surface area contributed by atoms with Gasteiger partial charge in [-0.15, -0.1) is 0 Å². The van der Waals surface area contributed by atoms with E-state index in [-0.39, 0.29) is 34.7 Å². The lowest BCUT2D eigenvalue weighted by Gasteiger charge is -2.12. The standard InChI is InChI=1S/C22H21F2N7O2S.C4H10O/c1-26-18-9-6-13(12-27-18)22-29-17-8-7-15(28-20(17)21(25)30-22)14-4-2-5-16(19(14)24)31-34(32,33)11-3-10-23;1-3-5-4-2/h2,4-9,12,31H,3,10-11H2,1H3,(H,26,27)(H2,25,29,30);3-4H2,1-2H3. The van der Waals surface area contributed by atoms with Gasteiger partial charge in [0.25, 0.3) is 0 Å². The first-order chi connectivity index (χ1) is 18.7. The third-order valence-corrected chi connectivity index (χ3v) is 6.70. The van der Waals surface area contributed by atoms with Gasteiger partial charge in [0.1, 0.15) is 11.3 Å². The van der Waals surface area contributed by atoms with Gasteiger partial charge < -0.3 is 15.8 Å². The van der Waals surface area contributed by atoms with Crippen LogP contribution < -0.4 is 15.8 Å². The van der Waals surface area contributed by atoms with Crippen molar-refractivity contribution in [1.82, 2.24) is 19.9 Å². The molecule has 4 N–H and O–H groups in total. The molecular weight excluding hydrogens is 528 g/mol. The van der Waals surface area contributed by atoms with Crippen molar-refractivity contribution in [2.75, 3.05) is 48.5 Å². The van der Waals surface area contributed by atoms with Gasteiger partial charge in [0.15, 0.2) is 17.5 Å². The fraction of sp³-hybridized carbons (Fsp3) is 0.308. The lowest BCUT2D eigenvalue weighted by molar-refractivity contribution is 0.162. The van der Waals surface area contributed by atoms with Gasteiger partial charge in [-0.2, -0.15) is 0 Å². The van der Waals surface area contributed by atoms with Gasteiger partial charge in [0, 0.05) is 37.6 Å². The first-order valence-corrected chi connectivity index (χ1v) is 13.9. The number of aromatic nitrogens is 4. The third kappa shape index (κ3) is 7.77. The fourth-order valence-corrected chi connectivity index (χ4v) is 4.55. The van der Waals surface area contributed by atoms with Crippen molar-refractivity contribution in [3.8, 4) is 22.6 Å². The number of pyridine rings is 2. The van der Waals surface area contributed by atoms with Gasteiger partial charge >= 0.3 is 0 Å². The summed E-state index contributed by atoms with van der Waals surface area (Å²) in [6.45, 7) is 4.88. The average Bonchev–Trinajstić information content (AvgIpc) is 2.94. The van der Waals surface area contributed by atoms with Crippen molar-refractivity contribution >= 4 is 38.4 Å². The second-order valence-corrected chi connectivity index (χ2v) is 9.93. The number of hydrogen-bond acceptors (Lipinski definition) is 9. The molecule has 0 saturated heterocycles. The third-order valence-electron chi connectivity index (χ3n) is 5.34. The highest BCUT2D eigenvalue weighted by Crippen LogP contribution is 2.30. The van der Waals surface area contributed by atoms with Crippen LogP contribution in [-0.2, 0) is 14.8 Å². The molecule has 0 unspecified atom stereocenters. The Kier molecular flexibility index (Phi) is 10.4. The number of sulfonamides is 1. The summed E-state index contributed by atoms with van der Waals surface area (Å²) in [4.78, 5) is 17.4. The van der Waals surface area contributed by atoms with Crippen LogP contribution in [0.5, 0.6) is 0 Å². The van der Waals surface area contributed by atoms with Crippen LogP contribution in [0.1, 0.15) is 20.3 Å². The molecule has 4 aromatic rings. The zero-order valence-electron chi connectivity index (χ0n) is 21.9. The van der Waals surface area contributed by atoms with Gasteiger partial charge in [0.05, 0.1) is 29.3 Å². The van der Waals surface area contributed by atoms with Crippen LogP contribution in [0.2, 0.25) is 0 Å². The predicted molar refractivity (Wildman–Crippen MR) is 150 cm³/mol. The normalized spacial score (nSPS) is 11.1. The second kappa shape index (κ2) is 13.7. The number of nitrogens with one attached hydrogen (secondary N) is 2. The molecule has 0 bridgehead atoms. The molecule has 0 saturated carbocycles. The van der Waals surface area contributed by atoms with E-state index < -0.39 is 28.3 Å². The second-order valence-electron chi connectivity index (χ2n) is 8.09. The van der Waals surface area contributed by atoms with Crippen molar-refractivity contribution in [3.05, 3.63) is 54.5 Å². The molecule has 0 aliphatic rings. The minimum Gasteiger partial charge on any atom is -0.382 e. The summed E-state index contributed by atoms with van der Waals surface area (Å²) in [6, 6.07) is 11.0. The highest BCUT2D eigenvalue weighted by Gasteiger charge is 2.18. The zero-order valence-corrected chi connectivity index (χ0v) is 22.7. The first-order valence-electron chi connectivity index (χ1n) is 12.2. The van der Waals surface area contributed by atoms with Crippen molar-refractivity contribution in [2.45, 2.75) is 20.3 Å². The number of anilines is 3. The monoisotopic (exact) mass is 559 g/mol. The molecule has 3 aromatic heterocycles. The Hall–Kier alpha value is -3.97. The van der Waals surface area contributed by atoms with E-state index in [0.29, 0.717) is 22.7 Å². The summed E-state index contributed by atoms with van der Waals surface area (Å²) in [5.74, 6) is -0.110. The van der Waals surface area contributed by atoms with Gasteiger partial charge in [-0.1, -0.05) is 6.07 Å². The number of alkyl halides is 1. The number of ether oxygens (including phenoxy) is 1. The zero-order chi connectivity index (χ0) is 28.4. The van der Waals surface area contributed by atoms with Crippen LogP contribution in [0.15, 0.2) is 48.7 Å². The molecule has 39 heavy (non-hydrogen) atoms. The van der Waals surface area contributed by atoms with Crippen LogP contribution in [0.25, 0.3) is 33.7 Å². The van der Waals surface area contributed by atoms with Gasteiger partial charge in [-0.3, -0.25) is 9.11 Å². The molecule has 0 atom stereocenters. The number of nitrogen functional groups attached to an aromatic ring is 1. The smallest absolute Gasteiger partial charge is 0.232 e. The summed E-state index contributed by atoms with van der Waals surface area (Å²) in [5.41, 5.74) is 7.54. The number of benzene rings is 1. The van der Waals surface area contributed by atoms with E-state index in [1.165, 1.54) is 18.2 Å². The Morgan fingerprint density at radius 1 is 1.03 bits per heavy atom. The number of rotatable bonds is 10. The largest absolute Gasteiger partial charge is 0.382 e. The number of hydrogen-bond donors (Lipinski definition) is 3. The number of fused-ring (bicyclic) bond motifs is 1. The molecule has 13 heteroatoms. The molecular formula is C26H31F2N7O3S. The van der Waals surface area contributed by atoms with Crippen molar-refractivity contribution < 1.29 is 21.9 Å². The van der Waals surface area contributed by atoms with E-state index in [4.69, 9.17) is 10.5 Å². The molecule has 1 aromatic carbocycles. The topological polar surface area (TPSA) is 145 Å². The van der Waals surface area contributed by atoms with Crippen molar-refractivity contribution in [1.29, 1.82) is 0 Å². The maximum absolute atomic E-state index is 15.1. The highest BCUT2D eigenvalue weighted by molar-refractivity contribution is 7.92. The molecule has 0 radical (unpaired) electrons. The van der Waals surface area contributed by atoms with E-state index in [1.807, 2.05) is 13.8 Å². The van der Waals surface area contributed by atoms with Crippen molar-refractivity contribution in [3.63, 3.8) is 0 Å². The number of nitrogens with zero attached hydrogens (tertiary/aromatic N) is 4. The predicted octanol–water partition coefficient (Wildman–Crippen LogP) is 4.66. The maximum atomic E-state index is 15.1. The fourth-order valence-electron chi connectivity index (χ4n) is 3.47. The quantitative estimate of drug-likeness (QED) is 0.252. The Morgan fingerprint density at radius 3 is 2.41 bits per heavy atom. The summed E-state index contributed by atoms with van der Waals surface area (Å²) in [7, 11) is -2.13. The number of halogens is 2. The maximum Gasteiger partial charge on any atom is 0.232 e. The molecule has 3 heterocycles. The Morgan fingerprint density at radius 2 is 1.79 bits per heavy atom. The van der Waals surface area contributed by atoms with E-state index in [2.05, 4.69) is 30.0 Å². The van der Waals surface area contributed by atoms with Gasteiger partial charge in [0.2, 0.25) is 10.0 Å². The minimum absolute atomic E-state index is 0.0583. The Bertz CT molecular complexity index is 1500. The molecule has 0 amide bonds. The van der Waals surface area contributed by atoms with Crippen LogP contribution >= 0.6 is 0 Å². The SMILES string of the molecule is CCOCC.CNc1ccc(-c2nc(N)c3nc(-c4cccc(NS(=O)(=O)CCCF)c4F)ccc3n2)cn1. The molecule has 10 nitrogen and oxygen atoms in total. The van der Waals surface area contributed by atoms with Crippen LogP contribution in [0, 0.1) is 5.82 Å². The average molecular weight is 560 g/mol.